The molecule has 0 radical (unpaired) electrons. The number of halogens is 1. The first kappa shape index (κ1) is 19.2. The molecule has 3 heteroatoms. The zero-order chi connectivity index (χ0) is 16.2. The topological polar surface area (TPSA) is 26.3 Å². The van der Waals surface area contributed by atoms with Gasteiger partial charge in [-0.3, -0.25) is 4.79 Å². The van der Waals surface area contributed by atoms with Crippen molar-refractivity contribution in [3.63, 3.8) is 0 Å². The number of hydrogen-bond donors (Lipinski definition) is 0. The molecule has 1 atom stereocenters. The van der Waals surface area contributed by atoms with Gasteiger partial charge in [0.15, 0.2) is 5.78 Å². The van der Waals surface area contributed by atoms with Crippen LogP contribution in [0.2, 0.25) is 0 Å². The van der Waals surface area contributed by atoms with Crippen molar-refractivity contribution in [1.29, 1.82) is 0 Å². The zero-order valence-corrected chi connectivity index (χ0v) is 15.5. The van der Waals surface area contributed by atoms with Gasteiger partial charge in [0.05, 0.1) is 11.9 Å². The van der Waals surface area contributed by atoms with Gasteiger partial charge in [-0.25, -0.2) is 0 Å². The smallest absolute Gasteiger partial charge is 0.176 e. The summed E-state index contributed by atoms with van der Waals surface area (Å²) >= 11 is 3.54. The minimum absolute atomic E-state index is 0.0685. The summed E-state index contributed by atoms with van der Waals surface area (Å²) < 4.78 is 5.11. The van der Waals surface area contributed by atoms with E-state index < -0.39 is 0 Å². The first-order valence-corrected chi connectivity index (χ1v) is 9.43. The van der Waals surface area contributed by atoms with E-state index in [4.69, 9.17) is 4.74 Å². The molecule has 1 aromatic carbocycles. The van der Waals surface area contributed by atoms with Gasteiger partial charge in [0.1, 0.15) is 5.75 Å². The van der Waals surface area contributed by atoms with Crippen molar-refractivity contribution in [2.75, 3.05) is 7.11 Å². The van der Waals surface area contributed by atoms with Gasteiger partial charge >= 0.3 is 0 Å². The normalized spacial score (nSPS) is 12.1. The predicted octanol–water partition coefficient (Wildman–Crippen LogP) is 6.17. The summed E-state index contributed by atoms with van der Waals surface area (Å²) in [6.45, 7) is 2.25. The predicted molar refractivity (Wildman–Crippen MR) is 97.3 cm³/mol. The van der Waals surface area contributed by atoms with Crippen LogP contribution in [-0.2, 0) is 0 Å². The van der Waals surface area contributed by atoms with Crippen molar-refractivity contribution in [3.05, 3.63) is 29.8 Å². The molecular formula is C19H29BrO2. The molecule has 124 valence electrons. The van der Waals surface area contributed by atoms with Crippen LogP contribution in [0.4, 0.5) is 0 Å². The molecule has 1 unspecified atom stereocenters. The van der Waals surface area contributed by atoms with Gasteiger partial charge in [-0.2, -0.15) is 0 Å². The third kappa shape index (κ3) is 7.44. The highest BCUT2D eigenvalue weighted by Crippen LogP contribution is 2.20. The van der Waals surface area contributed by atoms with Crippen molar-refractivity contribution in [1.82, 2.24) is 0 Å². The quantitative estimate of drug-likeness (QED) is 0.250. The van der Waals surface area contributed by atoms with E-state index in [9.17, 15) is 4.79 Å². The van der Waals surface area contributed by atoms with Crippen LogP contribution in [0.5, 0.6) is 5.75 Å². The van der Waals surface area contributed by atoms with Crippen LogP contribution in [-0.4, -0.2) is 17.7 Å². The van der Waals surface area contributed by atoms with Crippen molar-refractivity contribution in [2.24, 2.45) is 0 Å². The van der Waals surface area contributed by atoms with E-state index in [1.807, 2.05) is 24.3 Å². The van der Waals surface area contributed by atoms with Crippen LogP contribution in [0.25, 0.3) is 0 Å². The molecule has 0 spiro atoms. The van der Waals surface area contributed by atoms with Gasteiger partial charge in [-0.05, 0) is 30.7 Å². The highest BCUT2D eigenvalue weighted by atomic mass is 79.9. The number of benzene rings is 1. The van der Waals surface area contributed by atoms with Crippen LogP contribution >= 0.6 is 15.9 Å². The second-order valence-electron chi connectivity index (χ2n) is 5.82. The largest absolute Gasteiger partial charge is 0.497 e. The molecule has 0 aliphatic carbocycles. The Hall–Kier alpha value is -0.830. The molecule has 0 aliphatic heterocycles. The second-order valence-corrected chi connectivity index (χ2v) is 6.93. The monoisotopic (exact) mass is 368 g/mol. The molecule has 2 nitrogen and oxygen atoms in total. The molecule has 0 aromatic heterocycles. The number of methoxy groups -OCH3 is 1. The molecular weight excluding hydrogens is 340 g/mol. The summed E-state index contributed by atoms with van der Waals surface area (Å²) in [5.41, 5.74) is 0.752. The SMILES string of the molecule is CCCCCCCCCCC(Br)C(=O)c1ccc(OC)cc1. The molecule has 22 heavy (non-hydrogen) atoms. The number of ether oxygens (including phenoxy) is 1. The second kappa shape index (κ2) is 11.7. The minimum Gasteiger partial charge on any atom is -0.497 e. The number of carbonyl (C=O) groups excluding carboxylic acids is 1. The summed E-state index contributed by atoms with van der Waals surface area (Å²) in [5.74, 6) is 0.955. The van der Waals surface area contributed by atoms with Gasteiger partial charge in [0.25, 0.3) is 0 Å². The summed E-state index contributed by atoms with van der Waals surface area (Å²) in [7, 11) is 1.63. The van der Waals surface area contributed by atoms with Gasteiger partial charge in [-0.1, -0.05) is 74.2 Å². The number of rotatable bonds is 12. The first-order chi connectivity index (χ1) is 10.7. The summed E-state index contributed by atoms with van der Waals surface area (Å²) in [6.07, 6.45) is 11.3. The fourth-order valence-electron chi connectivity index (χ4n) is 2.52. The summed E-state index contributed by atoms with van der Waals surface area (Å²) in [6, 6.07) is 7.35. The summed E-state index contributed by atoms with van der Waals surface area (Å²) in [5, 5.41) is 0. The van der Waals surface area contributed by atoms with Crippen molar-refractivity contribution < 1.29 is 9.53 Å². The molecule has 0 bridgehead atoms. The Morgan fingerprint density at radius 2 is 1.55 bits per heavy atom. The maximum atomic E-state index is 12.3. The molecule has 1 rings (SSSR count). The molecule has 0 heterocycles. The maximum absolute atomic E-state index is 12.3. The molecule has 0 N–H and O–H groups in total. The van der Waals surface area contributed by atoms with Crippen molar-refractivity contribution in [3.8, 4) is 5.75 Å². The fourth-order valence-corrected chi connectivity index (χ4v) is 3.11. The average Bonchev–Trinajstić information content (AvgIpc) is 2.56. The van der Waals surface area contributed by atoms with Gasteiger partial charge in [0, 0.05) is 5.56 Å². The van der Waals surface area contributed by atoms with E-state index in [0.717, 1.165) is 24.2 Å². The standard InChI is InChI=1S/C19H29BrO2/c1-3-4-5-6-7-8-9-10-11-18(20)19(21)16-12-14-17(22-2)15-13-16/h12-15,18H,3-11H2,1-2H3. The summed E-state index contributed by atoms with van der Waals surface area (Å²) in [4.78, 5) is 12.2. The Morgan fingerprint density at radius 1 is 1.00 bits per heavy atom. The number of unbranched alkanes of at least 4 members (excludes halogenated alkanes) is 7. The molecule has 0 fully saturated rings. The molecule has 0 saturated carbocycles. The van der Waals surface area contributed by atoms with E-state index in [2.05, 4.69) is 22.9 Å². The van der Waals surface area contributed by atoms with Crippen molar-refractivity contribution >= 4 is 21.7 Å². The number of hydrogen-bond acceptors (Lipinski definition) is 2. The third-order valence-electron chi connectivity index (χ3n) is 3.97. The van der Waals surface area contributed by atoms with Crippen LogP contribution < -0.4 is 4.74 Å². The number of alkyl halides is 1. The maximum Gasteiger partial charge on any atom is 0.176 e. The Balaban J connectivity index is 2.18. The molecule has 1 aromatic rings. The van der Waals surface area contributed by atoms with Crippen molar-refractivity contribution in [2.45, 2.75) is 69.5 Å². The average molecular weight is 369 g/mol. The lowest BCUT2D eigenvalue weighted by molar-refractivity contribution is 0.0988. The van der Waals surface area contributed by atoms with Gasteiger partial charge < -0.3 is 4.74 Å². The Morgan fingerprint density at radius 3 is 2.09 bits per heavy atom. The Labute approximate surface area is 143 Å². The lowest BCUT2D eigenvalue weighted by Gasteiger charge is -2.09. The van der Waals surface area contributed by atoms with Crippen LogP contribution in [0, 0.1) is 0 Å². The van der Waals surface area contributed by atoms with E-state index in [0.29, 0.717) is 0 Å². The fraction of sp³-hybridized carbons (Fsp3) is 0.632. The Bertz CT molecular complexity index is 414. The highest BCUT2D eigenvalue weighted by molar-refractivity contribution is 9.10. The first-order valence-electron chi connectivity index (χ1n) is 8.51. The van der Waals surface area contributed by atoms with E-state index in [1.54, 1.807) is 7.11 Å². The third-order valence-corrected chi connectivity index (χ3v) is 4.84. The van der Waals surface area contributed by atoms with Crippen LogP contribution in [0.1, 0.15) is 75.1 Å². The van der Waals surface area contributed by atoms with E-state index in [-0.39, 0.29) is 10.6 Å². The zero-order valence-electron chi connectivity index (χ0n) is 13.9. The van der Waals surface area contributed by atoms with E-state index in [1.165, 1.54) is 44.9 Å². The minimum atomic E-state index is -0.0685. The van der Waals surface area contributed by atoms with E-state index >= 15 is 0 Å². The lowest BCUT2D eigenvalue weighted by atomic mass is 10.0. The van der Waals surface area contributed by atoms with Crippen LogP contribution in [0.3, 0.4) is 0 Å². The number of carbonyl (C=O) groups is 1. The highest BCUT2D eigenvalue weighted by Gasteiger charge is 2.16. The molecule has 0 amide bonds. The lowest BCUT2D eigenvalue weighted by Crippen LogP contribution is -2.14. The Kier molecular flexibility index (Phi) is 10.2. The van der Waals surface area contributed by atoms with Crippen LogP contribution in [0.15, 0.2) is 24.3 Å². The molecule has 0 saturated heterocycles. The number of Topliss-reactive ketones (excluding diaryl/α,β-unsaturated/α-hetero) is 1. The van der Waals surface area contributed by atoms with Gasteiger partial charge in [0.2, 0.25) is 0 Å². The number of ketones is 1. The van der Waals surface area contributed by atoms with Gasteiger partial charge in [-0.15, -0.1) is 0 Å². The molecule has 0 aliphatic rings.